The van der Waals surface area contributed by atoms with E-state index in [1.165, 1.54) is 5.48 Å². The summed E-state index contributed by atoms with van der Waals surface area (Å²) in [4.78, 5) is 16.3. The Morgan fingerprint density at radius 2 is 2.00 bits per heavy atom. The maximum absolute atomic E-state index is 10.4. The number of hydrogen-bond donors (Lipinski definition) is 4. The molecule has 0 fully saturated rings. The summed E-state index contributed by atoms with van der Waals surface area (Å²) in [7, 11) is -9.37. The highest BCUT2D eigenvalue weighted by Crippen LogP contribution is 2.34. The number of nitrogens with one attached hydrogen (secondary N) is 1. The SMILES string of the molecule is C=CC(NOP(=O)(O)O)S(=O)(=O)O. The molecule has 10 heteroatoms. The van der Waals surface area contributed by atoms with Crippen molar-refractivity contribution in [2.24, 2.45) is 0 Å². The monoisotopic (exact) mass is 233 g/mol. The fourth-order valence-corrected chi connectivity index (χ4v) is 1.09. The Balaban J connectivity index is 4.35. The van der Waals surface area contributed by atoms with Gasteiger partial charge in [0.1, 0.15) is 0 Å². The van der Waals surface area contributed by atoms with Gasteiger partial charge in [0.05, 0.1) is 0 Å². The maximum atomic E-state index is 10.4. The summed E-state index contributed by atoms with van der Waals surface area (Å²) in [5.74, 6) is 0. The Kier molecular flexibility index (Phi) is 4.20. The molecule has 0 radical (unpaired) electrons. The first-order valence-electron chi connectivity index (χ1n) is 2.75. The molecular formula is C3H8NO7PS. The van der Waals surface area contributed by atoms with Crippen LogP contribution in [-0.4, -0.2) is 28.1 Å². The van der Waals surface area contributed by atoms with E-state index in [0.717, 1.165) is 0 Å². The molecular weight excluding hydrogens is 225 g/mol. The van der Waals surface area contributed by atoms with Gasteiger partial charge in [0.15, 0.2) is 5.37 Å². The molecule has 1 unspecified atom stereocenters. The fourth-order valence-electron chi connectivity index (χ4n) is 0.351. The van der Waals surface area contributed by atoms with Crippen molar-refractivity contribution in [1.82, 2.24) is 5.48 Å². The van der Waals surface area contributed by atoms with E-state index in [1.54, 1.807) is 0 Å². The van der Waals surface area contributed by atoms with Crippen LogP contribution in [0.3, 0.4) is 0 Å². The second-order valence-corrected chi connectivity index (χ2v) is 4.57. The molecule has 0 aromatic rings. The quantitative estimate of drug-likeness (QED) is 0.205. The van der Waals surface area contributed by atoms with E-state index >= 15 is 0 Å². The predicted octanol–water partition coefficient (Wildman–Crippen LogP) is -1.000. The van der Waals surface area contributed by atoms with E-state index in [0.29, 0.717) is 6.08 Å². The molecule has 0 aliphatic carbocycles. The van der Waals surface area contributed by atoms with Crippen molar-refractivity contribution in [1.29, 1.82) is 0 Å². The molecule has 13 heavy (non-hydrogen) atoms. The molecule has 0 aromatic carbocycles. The molecule has 78 valence electrons. The Labute approximate surface area is 74.2 Å². The Bertz CT molecular complexity index is 317. The van der Waals surface area contributed by atoms with Gasteiger partial charge in [-0.05, 0) is 0 Å². The predicted molar refractivity (Wildman–Crippen MR) is 41.8 cm³/mol. The van der Waals surface area contributed by atoms with Crippen molar-refractivity contribution in [2.45, 2.75) is 5.37 Å². The second-order valence-electron chi connectivity index (χ2n) is 1.87. The Morgan fingerprint density at radius 3 is 2.23 bits per heavy atom. The van der Waals surface area contributed by atoms with E-state index in [-0.39, 0.29) is 0 Å². The average Bonchev–Trinajstić information content (AvgIpc) is 1.82. The third-order valence-electron chi connectivity index (χ3n) is 0.823. The number of hydroxylamine groups is 1. The van der Waals surface area contributed by atoms with Gasteiger partial charge in [-0.2, -0.15) is 18.5 Å². The summed E-state index contributed by atoms with van der Waals surface area (Å²) in [5, 5.41) is -1.79. The molecule has 0 amide bonds. The minimum absolute atomic E-state index is 0.699. The van der Waals surface area contributed by atoms with Crippen molar-refractivity contribution in [3.63, 3.8) is 0 Å². The van der Waals surface area contributed by atoms with Gasteiger partial charge in [-0.3, -0.25) is 4.55 Å². The number of phosphoric acid groups is 1. The van der Waals surface area contributed by atoms with Crippen LogP contribution in [0.5, 0.6) is 0 Å². The van der Waals surface area contributed by atoms with E-state index in [4.69, 9.17) is 14.3 Å². The highest BCUT2D eigenvalue weighted by Gasteiger charge is 2.23. The van der Waals surface area contributed by atoms with Crippen molar-refractivity contribution in [3.8, 4) is 0 Å². The van der Waals surface area contributed by atoms with E-state index in [1.807, 2.05) is 0 Å². The standard InChI is InChI=1S/C3H8NO7PS/c1-2-3(13(8,9)10)4-11-12(5,6)7/h2-4H,1H2,(H2,5,6,7)(H,8,9,10). The molecule has 0 saturated carbocycles. The van der Waals surface area contributed by atoms with Gasteiger partial charge in [0.2, 0.25) is 0 Å². The topological polar surface area (TPSA) is 133 Å². The summed E-state index contributed by atoms with van der Waals surface area (Å²) in [6, 6.07) is 0. The van der Waals surface area contributed by atoms with Gasteiger partial charge < -0.3 is 9.79 Å². The lowest BCUT2D eigenvalue weighted by Crippen LogP contribution is -2.33. The number of hydrogen-bond acceptors (Lipinski definition) is 5. The normalized spacial score (nSPS) is 15.3. The van der Waals surface area contributed by atoms with Crippen molar-refractivity contribution >= 4 is 17.9 Å². The summed E-state index contributed by atoms with van der Waals surface area (Å²) < 4.78 is 42.8. The molecule has 0 rings (SSSR count). The summed E-state index contributed by atoms with van der Waals surface area (Å²) in [6.07, 6.45) is 0.699. The summed E-state index contributed by atoms with van der Waals surface area (Å²) in [5.41, 5.74) is 1.43. The highest BCUT2D eigenvalue weighted by molar-refractivity contribution is 7.86. The first-order valence-corrected chi connectivity index (χ1v) is 5.78. The van der Waals surface area contributed by atoms with Gasteiger partial charge in [-0.25, -0.2) is 4.57 Å². The lowest BCUT2D eigenvalue weighted by Gasteiger charge is -2.11. The number of rotatable bonds is 5. The van der Waals surface area contributed by atoms with Gasteiger partial charge >= 0.3 is 7.82 Å². The molecule has 0 heterocycles. The van der Waals surface area contributed by atoms with E-state index in [2.05, 4.69) is 11.2 Å². The average molecular weight is 233 g/mol. The lowest BCUT2D eigenvalue weighted by molar-refractivity contribution is 0.123. The highest BCUT2D eigenvalue weighted by atomic mass is 32.2. The first kappa shape index (κ1) is 12.7. The molecule has 8 nitrogen and oxygen atoms in total. The molecule has 0 saturated heterocycles. The maximum Gasteiger partial charge on any atom is 0.486 e. The Morgan fingerprint density at radius 1 is 1.54 bits per heavy atom. The molecule has 0 aliphatic rings. The van der Waals surface area contributed by atoms with Crippen LogP contribution in [0.4, 0.5) is 0 Å². The van der Waals surface area contributed by atoms with E-state index < -0.39 is 23.3 Å². The van der Waals surface area contributed by atoms with Crippen LogP contribution >= 0.6 is 7.82 Å². The third-order valence-corrected chi connectivity index (χ3v) is 2.10. The van der Waals surface area contributed by atoms with Crippen LogP contribution in [0.1, 0.15) is 0 Å². The third kappa shape index (κ3) is 5.88. The summed E-state index contributed by atoms with van der Waals surface area (Å²) in [6.45, 7) is 2.99. The molecule has 0 spiro atoms. The van der Waals surface area contributed by atoms with Crippen molar-refractivity contribution < 1.29 is 31.9 Å². The molecule has 0 aromatic heterocycles. The molecule has 0 bridgehead atoms. The van der Waals surface area contributed by atoms with Crippen molar-refractivity contribution in [3.05, 3.63) is 12.7 Å². The lowest BCUT2D eigenvalue weighted by atomic mass is 10.6. The zero-order valence-electron chi connectivity index (χ0n) is 6.19. The van der Waals surface area contributed by atoms with Crippen LogP contribution in [-0.2, 0) is 19.3 Å². The zero-order chi connectivity index (χ0) is 10.7. The Hall–Kier alpha value is -0.280. The van der Waals surface area contributed by atoms with Crippen LogP contribution < -0.4 is 5.48 Å². The fraction of sp³-hybridized carbons (Fsp3) is 0.333. The van der Waals surface area contributed by atoms with Gasteiger partial charge in [-0.15, -0.1) is 6.58 Å². The van der Waals surface area contributed by atoms with Gasteiger partial charge in [0.25, 0.3) is 10.1 Å². The molecule has 1 atom stereocenters. The van der Waals surface area contributed by atoms with Crippen LogP contribution in [0, 0.1) is 0 Å². The van der Waals surface area contributed by atoms with E-state index in [9.17, 15) is 13.0 Å². The first-order chi connectivity index (χ1) is 5.67. The van der Waals surface area contributed by atoms with Crippen molar-refractivity contribution in [2.75, 3.05) is 0 Å². The minimum Gasteiger partial charge on any atom is -0.302 e. The van der Waals surface area contributed by atoms with Crippen LogP contribution in [0.2, 0.25) is 0 Å². The minimum atomic E-state index is -4.84. The molecule has 0 aliphatic heterocycles. The molecule has 4 N–H and O–H groups in total. The van der Waals surface area contributed by atoms with Gasteiger partial charge in [0, 0.05) is 0 Å². The summed E-state index contributed by atoms with van der Waals surface area (Å²) >= 11 is 0. The van der Waals surface area contributed by atoms with Crippen LogP contribution in [0.15, 0.2) is 12.7 Å². The zero-order valence-corrected chi connectivity index (χ0v) is 7.90. The van der Waals surface area contributed by atoms with Gasteiger partial charge in [-0.1, -0.05) is 6.08 Å². The second kappa shape index (κ2) is 4.29. The largest absolute Gasteiger partial charge is 0.486 e. The smallest absolute Gasteiger partial charge is 0.302 e. The van der Waals surface area contributed by atoms with Crippen LogP contribution in [0.25, 0.3) is 0 Å².